The maximum absolute atomic E-state index is 14.6. The minimum atomic E-state index is -0.255. The molecule has 0 bridgehead atoms. The maximum atomic E-state index is 14.6. The van der Waals surface area contributed by atoms with E-state index >= 15 is 0 Å². The Morgan fingerprint density at radius 3 is 1.87 bits per heavy atom. The molecule has 46 heavy (non-hydrogen) atoms. The van der Waals surface area contributed by atoms with Crippen molar-refractivity contribution in [2.75, 3.05) is 0 Å². The topological polar surface area (TPSA) is 103 Å². The average Bonchev–Trinajstić information content (AvgIpc) is 3.67. The highest BCUT2D eigenvalue weighted by Crippen LogP contribution is 2.45. The van der Waals surface area contributed by atoms with Gasteiger partial charge in [0.1, 0.15) is 11.3 Å². The summed E-state index contributed by atoms with van der Waals surface area (Å²) in [4.78, 5) is 67.2. The molecule has 0 unspecified atom stereocenters. The van der Waals surface area contributed by atoms with Crippen LogP contribution in [-0.4, -0.2) is 18.8 Å². The summed E-state index contributed by atoms with van der Waals surface area (Å²) in [6, 6.07) is 18.1. The van der Waals surface area contributed by atoms with E-state index in [2.05, 4.69) is 0 Å². The molecule has 0 radical (unpaired) electrons. The summed E-state index contributed by atoms with van der Waals surface area (Å²) in [7, 11) is 0. The summed E-state index contributed by atoms with van der Waals surface area (Å²) >= 11 is 0. The van der Waals surface area contributed by atoms with E-state index in [4.69, 9.17) is 9.97 Å². The van der Waals surface area contributed by atoms with Gasteiger partial charge in [-0.2, -0.15) is 0 Å². The molecule has 0 saturated heterocycles. The predicted octanol–water partition coefficient (Wildman–Crippen LogP) is 4.19. The van der Waals surface area contributed by atoms with Gasteiger partial charge in [0.05, 0.1) is 21.7 Å². The fourth-order valence-corrected chi connectivity index (χ4v) is 8.66. The normalized spacial score (nSPS) is 14.2. The molecule has 4 heterocycles. The van der Waals surface area contributed by atoms with Crippen LogP contribution >= 0.6 is 0 Å². The number of hydrogen-bond acceptors (Lipinski definition) is 6. The second kappa shape index (κ2) is 7.16. The summed E-state index contributed by atoms with van der Waals surface area (Å²) in [5, 5.41) is 9.26. The van der Waals surface area contributed by atoms with E-state index in [-0.39, 0.29) is 22.0 Å². The average molecular weight is 593 g/mol. The first-order valence-corrected chi connectivity index (χ1v) is 15.2. The maximum Gasteiger partial charge on any atom is 0.264 e. The summed E-state index contributed by atoms with van der Waals surface area (Å²) in [6.07, 6.45) is 5.75. The molecule has 0 saturated carbocycles. The molecule has 8 nitrogen and oxygen atoms in total. The van der Waals surface area contributed by atoms with Crippen molar-refractivity contribution in [2.24, 2.45) is 0 Å². The molecule has 0 fully saturated rings. The van der Waals surface area contributed by atoms with Crippen LogP contribution in [0.1, 0.15) is 12.8 Å². The van der Waals surface area contributed by atoms with Gasteiger partial charge in [-0.1, -0.05) is 24.3 Å². The molecule has 1 aliphatic rings. The van der Waals surface area contributed by atoms with Gasteiger partial charge in [0.15, 0.2) is 10.9 Å². The molecule has 0 N–H and O–H groups in total. The summed E-state index contributed by atoms with van der Waals surface area (Å²) in [6.45, 7) is 0. The first-order valence-electron chi connectivity index (χ1n) is 15.2. The second-order valence-corrected chi connectivity index (χ2v) is 12.6. The third-order valence-corrected chi connectivity index (χ3v) is 10.5. The molecule has 7 aromatic carbocycles. The molecule has 0 amide bonds. The molecule has 0 spiro atoms. The Balaban J connectivity index is 1.44. The van der Waals surface area contributed by atoms with Crippen LogP contribution in [0.5, 0.6) is 0 Å². The molecule has 8 heteroatoms. The van der Waals surface area contributed by atoms with Crippen LogP contribution < -0.4 is 32.7 Å². The summed E-state index contributed by atoms with van der Waals surface area (Å²) < 4.78 is 3.25. The van der Waals surface area contributed by atoms with Crippen molar-refractivity contribution in [3.63, 3.8) is 0 Å². The monoisotopic (exact) mass is 592 g/mol. The lowest BCUT2D eigenvalue weighted by Gasteiger charge is -2.19. The molecular formula is C38H16N4O4. The number of pyridine rings is 2. The largest absolute Gasteiger partial charge is 0.289 e. The van der Waals surface area contributed by atoms with Crippen molar-refractivity contribution in [2.45, 2.75) is 12.8 Å². The van der Waals surface area contributed by atoms with E-state index in [1.807, 2.05) is 48.6 Å². The van der Waals surface area contributed by atoms with Crippen molar-refractivity contribution in [3.05, 3.63) is 113 Å². The second-order valence-electron chi connectivity index (χ2n) is 12.6. The van der Waals surface area contributed by atoms with E-state index in [1.165, 1.54) is 0 Å². The first kappa shape index (κ1) is 23.1. The van der Waals surface area contributed by atoms with Crippen LogP contribution in [0.25, 0.3) is 110 Å². The van der Waals surface area contributed by atoms with E-state index in [0.717, 1.165) is 28.9 Å². The molecule has 0 aliphatic heterocycles. The zero-order valence-corrected chi connectivity index (χ0v) is 23.8. The highest BCUT2D eigenvalue weighted by Gasteiger charge is 2.28. The highest BCUT2D eigenvalue weighted by molar-refractivity contribution is 6.43. The van der Waals surface area contributed by atoms with Gasteiger partial charge in [0.25, 0.3) is 11.1 Å². The van der Waals surface area contributed by atoms with E-state index in [1.54, 1.807) is 33.1 Å². The standard InChI is InChI=1S/C38H16N4O4/c43-33-15-9-11-17-27-22(38(46)41-25-7-3-1-5-23(25)39-35(17)41)14-20-32(29(15)27)31-19(33)13-21-28-18(12-10-16(30(28)31)34(20)44)37(45)42-26-8-4-2-6-24(26)40-36(21)42/h2,4-14H,1,3H2. The van der Waals surface area contributed by atoms with Crippen molar-refractivity contribution >= 4 is 110 Å². The Morgan fingerprint density at radius 2 is 1.09 bits per heavy atom. The Bertz CT molecular complexity index is 3620. The number of imidazole rings is 2. The molecular weight excluding hydrogens is 576 g/mol. The van der Waals surface area contributed by atoms with Crippen molar-refractivity contribution in [3.8, 4) is 0 Å². The van der Waals surface area contributed by atoms with E-state index in [9.17, 15) is 19.2 Å². The van der Waals surface area contributed by atoms with Crippen molar-refractivity contribution in [1.29, 1.82) is 0 Å². The van der Waals surface area contributed by atoms with Gasteiger partial charge in [-0.05, 0) is 61.4 Å². The van der Waals surface area contributed by atoms with E-state index < -0.39 is 0 Å². The molecule has 0 atom stereocenters. The Kier molecular flexibility index (Phi) is 3.60. The van der Waals surface area contributed by atoms with Gasteiger partial charge >= 0.3 is 0 Å². The van der Waals surface area contributed by atoms with Crippen LogP contribution in [0.4, 0.5) is 0 Å². The fourth-order valence-electron chi connectivity index (χ4n) is 8.66. The van der Waals surface area contributed by atoms with Crippen molar-refractivity contribution < 1.29 is 0 Å². The number of benzene rings is 7. The zero-order chi connectivity index (χ0) is 30.3. The van der Waals surface area contributed by atoms with Gasteiger partial charge in [-0.25, -0.2) is 9.97 Å². The van der Waals surface area contributed by atoms with Crippen LogP contribution in [0.3, 0.4) is 0 Å². The Morgan fingerprint density at radius 1 is 0.500 bits per heavy atom. The third kappa shape index (κ3) is 2.27. The first-order chi connectivity index (χ1) is 22.5. The van der Waals surface area contributed by atoms with Gasteiger partial charge in [-0.15, -0.1) is 0 Å². The zero-order valence-electron chi connectivity index (χ0n) is 23.8. The number of para-hydroxylation sites is 2. The fraction of sp³-hybridized carbons (Fsp3) is 0.0526. The lowest BCUT2D eigenvalue weighted by Crippen LogP contribution is -2.34. The van der Waals surface area contributed by atoms with Gasteiger partial charge in [0, 0.05) is 75.4 Å². The number of rotatable bonds is 0. The molecule has 1 aliphatic carbocycles. The minimum Gasteiger partial charge on any atom is -0.289 e. The molecule has 212 valence electrons. The SMILES string of the molecule is O=c1c2ccc3c(=O)n4c5ccccc5nc4c4cc5c(=O)c6ccc7c8c(cc1c(c68)c5c2c34)c(=O)n1c2c(nc71)=CCCC=2. The molecule has 11 aromatic rings. The van der Waals surface area contributed by atoms with Gasteiger partial charge in [0.2, 0.25) is 0 Å². The number of nitrogens with zero attached hydrogens (tertiary/aromatic N) is 4. The van der Waals surface area contributed by atoms with Gasteiger partial charge in [-0.3, -0.25) is 28.0 Å². The highest BCUT2D eigenvalue weighted by atomic mass is 16.1. The Labute approximate surface area is 253 Å². The minimum absolute atomic E-state index is 0.192. The van der Waals surface area contributed by atoms with Crippen LogP contribution in [0.2, 0.25) is 0 Å². The van der Waals surface area contributed by atoms with Crippen LogP contribution in [0.15, 0.2) is 79.8 Å². The van der Waals surface area contributed by atoms with Crippen LogP contribution in [0, 0.1) is 0 Å². The number of fused-ring (bicyclic) bond motifs is 8. The lowest BCUT2D eigenvalue weighted by atomic mass is 9.83. The molecule has 4 aromatic heterocycles. The summed E-state index contributed by atoms with van der Waals surface area (Å²) in [5.74, 6) is 0. The quantitative estimate of drug-likeness (QED) is 0.193. The predicted molar refractivity (Wildman–Crippen MR) is 182 cm³/mol. The number of aromatic nitrogens is 4. The van der Waals surface area contributed by atoms with Crippen LogP contribution in [-0.2, 0) is 0 Å². The Hall–Kier alpha value is -6.28. The van der Waals surface area contributed by atoms with Crippen molar-refractivity contribution in [1.82, 2.24) is 18.8 Å². The molecule has 12 rings (SSSR count). The van der Waals surface area contributed by atoms with E-state index in [0.29, 0.717) is 92.3 Å². The number of hydrogen-bond donors (Lipinski definition) is 0. The smallest absolute Gasteiger partial charge is 0.264 e. The lowest BCUT2D eigenvalue weighted by molar-refractivity contribution is 1.04. The third-order valence-electron chi connectivity index (χ3n) is 10.5. The summed E-state index contributed by atoms with van der Waals surface area (Å²) in [5.41, 5.74) is 1.45. The van der Waals surface area contributed by atoms with Gasteiger partial charge < -0.3 is 0 Å².